The lowest BCUT2D eigenvalue weighted by Gasteiger charge is -2.24. The molecule has 1 fully saturated rings. The van der Waals surface area contributed by atoms with Crippen molar-refractivity contribution in [2.75, 3.05) is 24.5 Å². The Labute approximate surface area is 185 Å². The summed E-state index contributed by atoms with van der Waals surface area (Å²) in [5, 5.41) is 7.52. The molecule has 0 radical (unpaired) electrons. The summed E-state index contributed by atoms with van der Waals surface area (Å²) in [6.07, 6.45) is 6.27. The maximum atomic E-state index is 12.8. The van der Waals surface area contributed by atoms with Gasteiger partial charge in [-0.15, -0.1) is 0 Å². The molecular weight excluding hydrogens is 384 g/mol. The Morgan fingerprint density at radius 1 is 1.23 bits per heavy atom. The van der Waals surface area contributed by atoms with Crippen molar-refractivity contribution in [1.29, 1.82) is 5.41 Å². The molecule has 31 heavy (non-hydrogen) atoms. The number of amides is 1. The van der Waals surface area contributed by atoms with Crippen LogP contribution in [0.15, 0.2) is 54.7 Å². The number of benzene rings is 2. The van der Waals surface area contributed by atoms with Gasteiger partial charge in [0.2, 0.25) is 5.91 Å². The molecule has 2 heterocycles. The molecule has 0 bridgehead atoms. The molecule has 3 N–H and O–H groups in total. The molecule has 2 aromatic carbocycles. The first-order valence-electron chi connectivity index (χ1n) is 11.2. The molecule has 2 aromatic rings. The highest BCUT2D eigenvalue weighted by Crippen LogP contribution is 2.33. The molecule has 2 aliphatic heterocycles. The second kappa shape index (κ2) is 9.38. The quantitative estimate of drug-likeness (QED) is 0.673. The molecule has 0 saturated carbocycles. The van der Waals surface area contributed by atoms with Crippen LogP contribution in [0.25, 0.3) is 5.57 Å². The van der Waals surface area contributed by atoms with Crippen LogP contribution in [-0.2, 0) is 17.6 Å². The van der Waals surface area contributed by atoms with Crippen molar-refractivity contribution >= 4 is 23.4 Å². The SMILES string of the molecule is CC1CC(CN2CCc3cc(/C(C=N)=C/N)ccc32)CN1C(=O)CCc1ccccc1. The minimum absolute atomic E-state index is 0.276. The van der Waals surface area contributed by atoms with E-state index in [2.05, 4.69) is 47.1 Å². The molecule has 162 valence electrons. The fourth-order valence-corrected chi connectivity index (χ4v) is 5.04. The first kappa shape index (κ1) is 21.2. The van der Waals surface area contributed by atoms with E-state index in [4.69, 9.17) is 11.1 Å². The van der Waals surface area contributed by atoms with Crippen LogP contribution >= 0.6 is 0 Å². The topological polar surface area (TPSA) is 73.4 Å². The van der Waals surface area contributed by atoms with E-state index in [1.807, 2.05) is 18.2 Å². The maximum absolute atomic E-state index is 12.8. The van der Waals surface area contributed by atoms with Crippen molar-refractivity contribution in [3.63, 3.8) is 0 Å². The lowest BCUT2D eigenvalue weighted by Crippen LogP contribution is -2.35. The molecule has 1 saturated heterocycles. The first-order valence-corrected chi connectivity index (χ1v) is 11.2. The van der Waals surface area contributed by atoms with Crippen LogP contribution in [0.2, 0.25) is 0 Å². The summed E-state index contributed by atoms with van der Waals surface area (Å²) in [5.74, 6) is 0.778. The molecule has 1 amide bonds. The molecule has 2 atom stereocenters. The Balaban J connectivity index is 1.35. The average Bonchev–Trinajstić information content (AvgIpc) is 3.36. The fraction of sp³-hybridized carbons (Fsp3) is 0.385. The summed E-state index contributed by atoms with van der Waals surface area (Å²) in [6.45, 7) is 5.04. The highest BCUT2D eigenvalue weighted by atomic mass is 16.2. The van der Waals surface area contributed by atoms with E-state index < -0.39 is 0 Å². The van der Waals surface area contributed by atoms with Crippen LogP contribution in [0.3, 0.4) is 0 Å². The highest BCUT2D eigenvalue weighted by molar-refractivity contribution is 6.08. The van der Waals surface area contributed by atoms with Crippen molar-refractivity contribution in [2.24, 2.45) is 11.7 Å². The molecule has 5 heteroatoms. The minimum atomic E-state index is 0.276. The van der Waals surface area contributed by atoms with Gasteiger partial charge in [-0.1, -0.05) is 36.4 Å². The summed E-state index contributed by atoms with van der Waals surface area (Å²) in [5.41, 5.74) is 11.2. The van der Waals surface area contributed by atoms with Gasteiger partial charge in [0.1, 0.15) is 0 Å². The number of fused-ring (bicyclic) bond motifs is 1. The summed E-state index contributed by atoms with van der Waals surface area (Å²) < 4.78 is 0. The minimum Gasteiger partial charge on any atom is -0.404 e. The molecule has 0 aliphatic carbocycles. The number of hydrogen-bond donors (Lipinski definition) is 2. The third-order valence-corrected chi connectivity index (χ3v) is 6.67. The van der Waals surface area contributed by atoms with Crippen molar-refractivity contribution in [2.45, 2.75) is 38.6 Å². The number of hydrogen-bond acceptors (Lipinski definition) is 4. The zero-order valence-corrected chi connectivity index (χ0v) is 18.3. The van der Waals surface area contributed by atoms with E-state index in [1.165, 1.54) is 29.2 Å². The Morgan fingerprint density at radius 3 is 2.77 bits per heavy atom. The Kier molecular flexibility index (Phi) is 6.40. The lowest BCUT2D eigenvalue weighted by atomic mass is 10.0. The number of carbonyl (C=O) groups is 1. The number of likely N-dealkylation sites (tertiary alicyclic amines) is 1. The van der Waals surface area contributed by atoms with Gasteiger partial charge in [-0.05, 0) is 60.9 Å². The van der Waals surface area contributed by atoms with Gasteiger partial charge in [0, 0.05) is 55.8 Å². The van der Waals surface area contributed by atoms with E-state index in [0.717, 1.165) is 50.0 Å². The summed E-state index contributed by atoms with van der Waals surface area (Å²) >= 11 is 0. The molecular formula is C26H32N4O. The third-order valence-electron chi connectivity index (χ3n) is 6.67. The standard InChI is InChI=1S/C26H32N4O/c1-19-13-21(18-30(19)26(31)10-7-20-5-3-2-4-6-20)17-29-12-11-23-14-22(8-9-25(23)29)24(15-27)16-28/h2-6,8-9,14-16,19,21,27H,7,10-13,17-18,28H2,1H3/b24-16+,27-15?. The van der Waals surface area contributed by atoms with E-state index in [1.54, 1.807) is 0 Å². The van der Waals surface area contributed by atoms with Gasteiger partial charge in [-0.25, -0.2) is 0 Å². The number of carbonyl (C=O) groups excluding carboxylic acids is 1. The summed E-state index contributed by atoms with van der Waals surface area (Å²) in [4.78, 5) is 17.4. The largest absolute Gasteiger partial charge is 0.404 e. The molecule has 5 nitrogen and oxygen atoms in total. The van der Waals surface area contributed by atoms with E-state index in [9.17, 15) is 4.79 Å². The molecule has 2 aliphatic rings. The number of nitrogens with zero attached hydrogens (tertiary/aromatic N) is 2. The van der Waals surface area contributed by atoms with Crippen LogP contribution < -0.4 is 10.6 Å². The zero-order chi connectivity index (χ0) is 21.8. The molecule has 2 unspecified atom stereocenters. The Morgan fingerprint density at radius 2 is 2.03 bits per heavy atom. The van der Waals surface area contributed by atoms with Crippen LogP contribution in [0.4, 0.5) is 5.69 Å². The molecule has 0 aromatic heterocycles. The van der Waals surface area contributed by atoms with Gasteiger partial charge >= 0.3 is 0 Å². The van der Waals surface area contributed by atoms with Crippen molar-refractivity contribution in [3.8, 4) is 0 Å². The smallest absolute Gasteiger partial charge is 0.223 e. The Bertz CT molecular complexity index is 969. The molecule has 0 spiro atoms. The molecule has 4 rings (SSSR count). The number of rotatable bonds is 7. The number of nitrogens with two attached hydrogens (primary N) is 1. The number of nitrogens with one attached hydrogen (secondary N) is 1. The highest BCUT2D eigenvalue weighted by Gasteiger charge is 2.34. The van der Waals surface area contributed by atoms with Crippen molar-refractivity contribution < 1.29 is 4.79 Å². The van der Waals surface area contributed by atoms with Gasteiger partial charge in [0.15, 0.2) is 0 Å². The van der Waals surface area contributed by atoms with Crippen molar-refractivity contribution in [1.82, 2.24) is 4.90 Å². The Hall–Kier alpha value is -3.08. The van der Waals surface area contributed by atoms with Gasteiger partial charge < -0.3 is 20.9 Å². The zero-order valence-electron chi connectivity index (χ0n) is 18.3. The van der Waals surface area contributed by atoms with Crippen LogP contribution in [0.1, 0.15) is 36.5 Å². The predicted molar refractivity (Wildman–Crippen MR) is 127 cm³/mol. The summed E-state index contributed by atoms with van der Waals surface area (Å²) in [7, 11) is 0. The monoisotopic (exact) mass is 416 g/mol. The normalized spacial score (nSPS) is 20.7. The first-order chi connectivity index (χ1) is 15.1. The van der Waals surface area contributed by atoms with Gasteiger partial charge in [0.25, 0.3) is 0 Å². The predicted octanol–water partition coefficient (Wildman–Crippen LogP) is 3.87. The maximum Gasteiger partial charge on any atom is 0.223 e. The van der Waals surface area contributed by atoms with Gasteiger partial charge in [-0.2, -0.15) is 0 Å². The van der Waals surface area contributed by atoms with Gasteiger partial charge in [-0.3, -0.25) is 4.79 Å². The van der Waals surface area contributed by atoms with Crippen LogP contribution in [0.5, 0.6) is 0 Å². The van der Waals surface area contributed by atoms with Crippen molar-refractivity contribution in [3.05, 3.63) is 71.4 Å². The second-order valence-corrected chi connectivity index (χ2v) is 8.79. The second-order valence-electron chi connectivity index (χ2n) is 8.79. The third kappa shape index (κ3) is 4.66. The lowest BCUT2D eigenvalue weighted by molar-refractivity contribution is -0.131. The number of anilines is 1. The number of aryl methyl sites for hydroxylation is 1. The van der Waals surface area contributed by atoms with E-state index in [-0.39, 0.29) is 5.91 Å². The van der Waals surface area contributed by atoms with Gasteiger partial charge in [0.05, 0.1) is 0 Å². The van der Waals surface area contributed by atoms with E-state index >= 15 is 0 Å². The number of allylic oxidation sites excluding steroid dienone is 1. The van der Waals surface area contributed by atoms with Crippen LogP contribution in [0, 0.1) is 11.3 Å². The van der Waals surface area contributed by atoms with E-state index in [0.29, 0.717) is 18.4 Å². The summed E-state index contributed by atoms with van der Waals surface area (Å²) in [6, 6.07) is 16.9. The van der Waals surface area contributed by atoms with Crippen LogP contribution in [-0.4, -0.2) is 42.7 Å². The fourth-order valence-electron chi connectivity index (χ4n) is 5.04. The average molecular weight is 417 g/mol.